The minimum atomic E-state index is -2.64. The normalized spacial score (nSPS) is 17.5. The van der Waals surface area contributed by atoms with Crippen LogP contribution in [0, 0.1) is 10.8 Å². The van der Waals surface area contributed by atoms with Crippen LogP contribution in [0.15, 0.2) is 0 Å². The smallest absolute Gasteiger partial charge is 0.244 e. The van der Waals surface area contributed by atoms with Crippen LogP contribution in [0.25, 0.3) is 0 Å². The van der Waals surface area contributed by atoms with Crippen LogP contribution in [-0.4, -0.2) is 17.3 Å². The van der Waals surface area contributed by atoms with Crippen LogP contribution in [0.2, 0.25) is 0 Å². The van der Waals surface area contributed by atoms with Crippen LogP contribution in [0.5, 0.6) is 0 Å². The fourth-order valence-electron chi connectivity index (χ4n) is 0.588. The van der Waals surface area contributed by atoms with E-state index in [1.165, 1.54) is 11.4 Å². The summed E-state index contributed by atoms with van der Waals surface area (Å²) in [6, 6.07) is 0. The molecule has 0 rings (SSSR count). The maximum absolute atomic E-state index is 9.91. The molecule has 1 atom stereocenters. The molecule has 15 heavy (non-hydrogen) atoms. The molecule has 0 spiro atoms. The van der Waals surface area contributed by atoms with Crippen molar-refractivity contribution >= 4 is 28.9 Å². The van der Waals surface area contributed by atoms with Crippen LogP contribution < -0.4 is 0 Å². The molecule has 0 bridgehead atoms. The van der Waals surface area contributed by atoms with Gasteiger partial charge in [0, 0.05) is 5.75 Å². The molecule has 0 aliphatic rings. The van der Waals surface area contributed by atoms with Crippen molar-refractivity contribution in [1.29, 1.82) is 0 Å². The Labute approximate surface area is 103 Å². The summed E-state index contributed by atoms with van der Waals surface area (Å²) < 4.78 is 5.43. The van der Waals surface area contributed by atoms with Gasteiger partial charge < -0.3 is 9.42 Å². The fraction of sp³-hybridized carbons (Fsp3) is 1.00. The SMILES string of the molecule is CC(C)(C)COP(O)(=S)SCC(C)(C)C. The summed E-state index contributed by atoms with van der Waals surface area (Å²) in [5.41, 5.74) is -2.42. The third-order valence-electron chi connectivity index (χ3n) is 1.32. The lowest BCUT2D eigenvalue weighted by molar-refractivity contribution is 0.203. The van der Waals surface area contributed by atoms with Gasteiger partial charge in [-0.1, -0.05) is 52.9 Å². The van der Waals surface area contributed by atoms with Gasteiger partial charge in [-0.25, -0.2) is 0 Å². The zero-order valence-corrected chi connectivity index (χ0v) is 13.1. The average molecular weight is 270 g/mol. The van der Waals surface area contributed by atoms with E-state index >= 15 is 0 Å². The Hall–Kier alpha value is 0.920. The van der Waals surface area contributed by atoms with Crippen molar-refractivity contribution in [3.8, 4) is 0 Å². The second-order valence-electron chi connectivity index (χ2n) is 6.14. The molecular weight excluding hydrogens is 247 g/mol. The van der Waals surface area contributed by atoms with Gasteiger partial charge in [0.25, 0.3) is 0 Å². The van der Waals surface area contributed by atoms with E-state index in [-0.39, 0.29) is 10.8 Å². The standard InChI is InChI=1S/C10H23O2PS2/c1-9(2,3)7-12-13(11,14)15-8-10(4,5)6/h7-8H2,1-6H3,(H,11,14). The molecule has 0 aromatic heterocycles. The third-order valence-corrected chi connectivity index (χ3v) is 6.05. The number of rotatable bonds is 4. The van der Waals surface area contributed by atoms with Crippen molar-refractivity contribution in [2.75, 3.05) is 12.4 Å². The first kappa shape index (κ1) is 15.9. The van der Waals surface area contributed by atoms with Crippen molar-refractivity contribution < 1.29 is 9.42 Å². The van der Waals surface area contributed by atoms with Crippen LogP contribution in [-0.2, 0) is 16.3 Å². The predicted molar refractivity (Wildman–Crippen MR) is 73.8 cm³/mol. The van der Waals surface area contributed by atoms with Gasteiger partial charge in [-0.15, -0.1) is 0 Å². The summed E-state index contributed by atoms with van der Waals surface area (Å²) in [5.74, 6) is 0.824. The van der Waals surface area contributed by atoms with Gasteiger partial charge in [0.15, 0.2) is 0 Å². The Morgan fingerprint density at radius 2 is 1.60 bits per heavy atom. The largest absolute Gasteiger partial charge is 0.337 e. The van der Waals surface area contributed by atoms with Crippen LogP contribution in [0.1, 0.15) is 41.5 Å². The summed E-state index contributed by atoms with van der Waals surface area (Å²) in [6.07, 6.45) is 0. The lowest BCUT2D eigenvalue weighted by Gasteiger charge is -2.25. The highest BCUT2D eigenvalue weighted by Crippen LogP contribution is 2.58. The van der Waals surface area contributed by atoms with E-state index in [4.69, 9.17) is 16.3 Å². The molecule has 0 amide bonds. The summed E-state index contributed by atoms with van der Waals surface area (Å²) in [6.45, 7) is 13.1. The molecule has 5 heteroatoms. The Bertz CT molecular complexity index is 219. The summed E-state index contributed by atoms with van der Waals surface area (Å²) in [5, 5.41) is 0. The molecule has 0 saturated heterocycles. The molecule has 0 aromatic rings. The average Bonchev–Trinajstić information content (AvgIpc) is 1.96. The minimum absolute atomic E-state index is 0.0507. The third kappa shape index (κ3) is 11.2. The Morgan fingerprint density at radius 3 is 1.93 bits per heavy atom. The molecular formula is C10H23O2PS2. The molecule has 2 nitrogen and oxygen atoms in total. The molecule has 0 aliphatic heterocycles. The highest BCUT2D eigenvalue weighted by atomic mass is 32.9. The van der Waals surface area contributed by atoms with Crippen molar-refractivity contribution in [3.05, 3.63) is 0 Å². The zero-order chi connectivity index (χ0) is 12.3. The predicted octanol–water partition coefficient (Wildman–Crippen LogP) is 4.05. The fourth-order valence-corrected chi connectivity index (χ4v) is 4.43. The monoisotopic (exact) mass is 270 g/mol. The topological polar surface area (TPSA) is 29.5 Å². The molecule has 0 fully saturated rings. The molecule has 0 saturated carbocycles. The molecule has 1 N–H and O–H groups in total. The second-order valence-corrected chi connectivity index (χ2v) is 12.3. The first-order valence-electron chi connectivity index (χ1n) is 5.03. The molecule has 0 aromatic carbocycles. The maximum atomic E-state index is 9.91. The highest BCUT2D eigenvalue weighted by Gasteiger charge is 2.22. The summed E-state index contributed by atoms with van der Waals surface area (Å²) >= 11 is 6.47. The van der Waals surface area contributed by atoms with Gasteiger partial charge in [0.2, 0.25) is 5.69 Å². The lowest BCUT2D eigenvalue weighted by atomic mass is 9.99. The molecule has 0 aliphatic carbocycles. The highest BCUT2D eigenvalue weighted by molar-refractivity contribution is 8.67. The summed E-state index contributed by atoms with van der Waals surface area (Å²) in [7, 11) is 0. The maximum Gasteiger partial charge on any atom is 0.244 e. The van der Waals surface area contributed by atoms with Crippen molar-refractivity contribution in [2.24, 2.45) is 10.8 Å². The van der Waals surface area contributed by atoms with Crippen molar-refractivity contribution in [3.63, 3.8) is 0 Å². The van der Waals surface area contributed by atoms with E-state index in [2.05, 4.69) is 41.5 Å². The van der Waals surface area contributed by atoms with Crippen LogP contribution >= 0.6 is 17.1 Å². The zero-order valence-electron chi connectivity index (χ0n) is 10.5. The van der Waals surface area contributed by atoms with Gasteiger partial charge in [-0.05, 0) is 22.6 Å². The van der Waals surface area contributed by atoms with Crippen LogP contribution in [0.3, 0.4) is 0 Å². The number of hydrogen-bond donors (Lipinski definition) is 1. The summed E-state index contributed by atoms with van der Waals surface area (Å²) in [4.78, 5) is 9.91. The minimum Gasteiger partial charge on any atom is -0.337 e. The lowest BCUT2D eigenvalue weighted by Crippen LogP contribution is -2.13. The molecule has 0 heterocycles. The van der Waals surface area contributed by atoms with E-state index in [1.54, 1.807) is 0 Å². The van der Waals surface area contributed by atoms with Gasteiger partial charge in [-0.2, -0.15) is 0 Å². The first-order valence-corrected chi connectivity index (χ1v) is 9.30. The Morgan fingerprint density at radius 1 is 1.13 bits per heavy atom. The van der Waals surface area contributed by atoms with Gasteiger partial charge in [-0.3, -0.25) is 0 Å². The van der Waals surface area contributed by atoms with Gasteiger partial charge in [0.05, 0.1) is 6.61 Å². The van der Waals surface area contributed by atoms with E-state index < -0.39 is 5.69 Å². The van der Waals surface area contributed by atoms with Crippen molar-refractivity contribution in [2.45, 2.75) is 41.5 Å². The van der Waals surface area contributed by atoms with E-state index in [1.807, 2.05) is 0 Å². The Balaban J connectivity index is 4.04. The van der Waals surface area contributed by atoms with Crippen molar-refractivity contribution in [1.82, 2.24) is 0 Å². The quantitative estimate of drug-likeness (QED) is 0.781. The Kier molecular flexibility index (Phi) is 5.84. The molecule has 0 radical (unpaired) electrons. The number of hydrogen-bond acceptors (Lipinski definition) is 3. The second kappa shape index (κ2) is 5.50. The van der Waals surface area contributed by atoms with E-state index in [9.17, 15) is 4.89 Å². The van der Waals surface area contributed by atoms with Gasteiger partial charge >= 0.3 is 0 Å². The first-order chi connectivity index (χ1) is 6.41. The van der Waals surface area contributed by atoms with Gasteiger partial charge in [0.1, 0.15) is 0 Å². The molecule has 1 unspecified atom stereocenters. The van der Waals surface area contributed by atoms with Crippen LogP contribution in [0.4, 0.5) is 0 Å². The van der Waals surface area contributed by atoms with E-state index in [0.29, 0.717) is 6.61 Å². The van der Waals surface area contributed by atoms with E-state index in [0.717, 1.165) is 5.75 Å². The molecule has 92 valence electrons.